The van der Waals surface area contributed by atoms with Crippen LogP contribution in [0.15, 0.2) is 60.9 Å². The normalized spacial score (nSPS) is 10.5. The van der Waals surface area contributed by atoms with E-state index >= 15 is 0 Å². The number of carbonyl (C=O) groups is 1. The largest absolute Gasteiger partial charge is 0.493 e. The second-order valence-electron chi connectivity index (χ2n) is 7.02. The van der Waals surface area contributed by atoms with Gasteiger partial charge < -0.3 is 19.5 Å². The fourth-order valence-electron chi connectivity index (χ4n) is 3.34. The number of methoxy groups -OCH3 is 3. The molecule has 9 heteroatoms. The van der Waals surface area contributed by atoms with Crippen LogP contribution in [0.3, 0.4) is 0 Å². The monoisotopic (exact) mass is 445 g/mol. The molecule has 0 aliphatic rings. The Bertz CT molecular complexity index is 1230. The van der Waals surface area contributed by atoms with Gasteiger partial charge in [0, 0.05) is 11.1 Å². The lowest BCUT2D eigenvalue weighted by Crippen LogP contribution is -2.23. The minimum absolute atomic E-state index is 0.250. The van der Waals surface area contributed by atoms with Crippen LogP contribution in [0.2, 0.25) is 0 Å². The first-order valence-corrected chi connectivity index (χ1v) is 10.1. The number of carbonyl (C=O) groups excluding carboxylic acids is 1. The van der Waals surface area contributed by atoms with Crippen molar-refractivity contribution in [2.45, 2.75) is 6.54 Å². The van der Waals surface area contributed by atoms with Crippen molar-refractivity contribution in [1.82, 2.24) is 25.5 Å². The summed E-state index contributed by atoms with van der Waals surface area (Å²) in [4.78, 5) is 21.2. The van der Waals surface area contributed by atoms with Gasteiger partial charge in [-0.2, -0.15) is 5.10 Å². The summed E-state index contributed by atoms with van der Waals surface area (Å²) < 4.78 is 16.1. The van der Waals surface area contributed by atoms with E-state index in [4.69, 9.17) is 14.2 Å². The average Bonchev–Trinajstić information content (AvgIpc) is 3.37. The van der Waals surface area contributed by atoms with Gasteiger partial charge in [-0.05, 0) is 24.3 Å². The molecule has 0 aliphatic heterocycles. The van der Waals surface area contributed by atoms with E-state index in [1.807, 2.05) is 36.4 Å². The first-order valence-electron chi connectivity index (χ1n) is 10.1. The van der Waals surface area contributed by atoms with Gasteiger partial charge in [0.2, 0.25) is 5.75 Å². The molecule has 0 spiro atoms. The Balaban J connectivity index is 1.48. The molecule has 0 radical (unpaired) electrons. The van der Waals surface area contributed by atoms with Crippen molar-refractivity contribution in [3.05, 3.63) is 72.3 Å². The van der Waals surface area contributed by atoms with Crippen LogP contribution >= 0.6 is 0 Å². The molecule has 0 aliphatic carbocycles. The minimum Gasteiger partial charge on any atom is -0.493 e. The van der Waals surface area contributed by atoms with Crippen molar-refractivity contribution in [3.63, 3.8) is 0 Å². The van der Waals surface area contributed by atoms with Gasteiger partial charge in [-0.15, -0.1) is 0 Å². The van der Waals surface area contributed by atoms with E-state index in [0.29, 0.717) is 39.9 Å². The van der Waals surface area contributed by atoms with E-state index in [1.165, 1.54) is 13.4 Å². The van der Waals surface area contributed by atoms with Crippen molar-refractivity contribution in [2.75, 3.05) is 21.3 Å². The third-order valence-electron chi connectivity index (χ3n) is 5.01. The second kappa shape index (κ2) is 9.82. The Morgan fingerprint density at radius 2 is 1.61 bits per heavy atom. The number of benzene rings is 2. The fraction of sp³-hybridized carbons (Fsp3) is 0.167. The van der Waals surface area contributed by atoms with Crippen LogP contribution in [-0.2, 0) is 6.54 Å². The second-order valence-corrected chi connectivity index (χ2v) is 7.02. The Morgan fingerprint density at radius 1 is 0.879 bits per heavy atom. The number of H-pyrrole nitrogens is 1. The number of rotatable bonds is 8. The predicted molar refractivity (Wildman–Crippen MR) is 122 cm³/mol. The highest BCUT2D eigenvalue weighted by molar-refractivity contribution is 5.93. The summed E-state index contributed by atoms with van der Waals surface area (Å²) in [6, 6.07) is 16.8. The van der Waals surface area contributed by atoms with Gasteiger partial charge in [0.05, 0.1) is 45.0 Å². The lowest BCUT2D eigenvalue weighted by atomic mass is 10.1. The predicted octanol–water partition coefficient (Wildman–Crippen LogP) is 3.49. The molecule has 0 bridgehead atoms. The lowest BCUT2D eigenvalue weighted by molar-refractivity contribution is 0.0945. The molecule has 2 aromatic heterocycles. The van der Waals surface area contributed by atoms with E-state index in [-0.39, 0.29) is 12.5 Å². The molecule has 0 saturated heterocycles. The zero-order valence-corrected chi connectivity index (χ0v) is 18.5. The quantitative estimate of drug-likeness (QED) is 0.427. The SMILES string of the molecule is COc1cc(-c2cc(C(=O)NCc3cc(-c4ccccc4)ncn3)[nH]n2)cc(OC)c1OC. The molecule has 2 heterocycles. The van der Waals surface area contributed by atoms with Gasteiger partial charge in [0.1, 0.15) is 12.0 Å². The van der Waals surface area contributed by atoms with Crippen molar-refractivity contribution in [3.8, 4) is 39.8 Å². The maximum atomic E-state index is 12.7. The summed E-state index contributed by atoms with van der Waals surface area (Å²) in [6.07, 6.45) is 1.49. The maximum absolute atomic E-state index is 12.7. The number of hydrogen-bond donors (Lipinski definition) is 2. The van der Waals surface area contributed by atoms with Gasteiger partial charge in [0.15, 0.2) is 11.5 Å². The molecule has 33 heavy (non-hydrogen) atoms. The van der Waals surface area contributed by atoms with Crippen LogP contribution in [0, 0.1) is 0 Å². The van der Waals surface area contributed by atoms with E-state index in [9.17, 15) is 4.79 Å². The average molecular weight is 445 g/mol. The van der Waals surface area contributed by atoms with Crippen LogP contribution in [0.5, 0.6) is 17.2 Å². The molecular formula is C24H23N5O4. The van der Waals surface area contributed by atoms with Crippen LogP contribution < -0.4 is 19.5 Å². The molecular weight excluding hydrogens is 422 g/mol. The number of hydrogen-bond acceptors (Lipinski definition) is 7. The topological polar surface area (TPSA) is 111 Å². The standard InChI is InChI=1S/C24H23N5O4/c1-31-21-9-16(10-22(32-2)23(21)33-3)19-12-20(29-28-19)24(30)25-13-17-11-18(27-14-26-17)15-7-5-4-6-8-15/h4-12,14H,13H2,1-3H3,(H,25,30)(H,28,29). The van der Waals surface area contributed by atoms with Crippen LogP contribution in [-0.4, -0.2) is 47.4 Å². The number of ether oxygens (including phenoxy) is 3. The van der Waals surface area contributed by atoms with Crippen molar-refractivity contribution >= 4 is 5.91 Å². The van der Waals surface area contributed by atoms with E-state index in [0.717, 1.165) is 11.3 Å². The summed E-state index contributed by atoms with van der Waals surface area (Å²) in [5.41, 5.74) is 4.06. The summed E-state index contributed by atoms with van der Waals surface area (Å²) in [5.74, 6) is 1.18. The lowest BCUT2D eigenvalue weighted by Gasteiger charge is -2.13. The molecule has 1 amide bonds. The minimum atomic E-state index is -0.305. The first kappa shape index (κ1) is 21.8. The summed E-state index contributed by atoms with van der Waals surface area (Å²) >= 11 is 0. The zero-order valence-electron chi connectivity index (χ0n) is 18.5. The molecule has 0 unspecified atom stereocenters. The third kappa shape index (κ3) is 4.77. The van der Waals surface area contributed by atoms with Crippen LogP contribution in [0.4, 0.5) is 0 Å². The molecule has 0 fully saturated rings. The summed E-state index contributed by atoms with van der Waals surface area (Å²) in [6.45, 7) is 0.250. The number of aromatic nitrogens is 4. The highest BCUT2D eigenvalue weighted by atomic mass is 16.5. The molecule has 0 saturated carbocycles. The fourth-order valence-corrected chi connectivity index (χ4v) is 3.34. The summed E-state index contributed by atoms with van der Waals surface area (Å²) in [7, 11) is 4.62. The van der Waals surface area contributed by atoms with Crippen molar-refractivity contribution in [1.29, 1.82) is 0 Å². The smallest absolute Gasteiger partial charge is 0.269 e. The van der Waals surface area contributed by atoms with E-state index < -0.39 is 0 Å². The molecule has 168 valence electrons. The van der Waals surface area contributed by atoms with Crippen molar-refractivity contribution in [2.24, 2.45) is 0 Å². The molecule has 2 aromatic carbocycles. The number of aromatic amines is 1. The number of nitrogens with zero attached hydrogens (tertiary/aromatic N) is 3. The zero-order chi connectivity index (χ0) is 23.2. The maximum Gasteiger partial charge on any atom is 0.269 e. The molecule has 9 nitrogen and oxygen atoms in total. The Hall–Kier alpha value is -4.40. The van der Waals surface area contributed by atoms with Crippen molar-refractivity contribution < 1.29 is 19.0 Å². The Kier molecular flexibility index (Phi) is 6.49. The Morgan fingerprint density at radius 3 is 2.27 bits per heavy atom. The van der Waals surface area contributed by atoms with E-state index in [1.54, 1.807) is 32.4 Å². The van der Waals surface area contributed by atoms with Crippen LogP contribution in [0.1, 0.15) is 16.2 Å². The highest BCUT2D eigenvalue weighted by Crippen LogP contribution is 2.40. The molecule has 4 aromatic rings. The molecule has 4 rings (SSSR count). The Labute approximate surface area is 190 Å². The molecule has 0 atom stereocenters. The van der Waals surface area contributed by atoms with Gasteiger partial charge in [-0.25, -0.2) is 9.97 Å². The number of amides is 1. The van der Waals surface area contributed by atoms with Gasteiger partial charge >= 0.3 is 0 Å². The summed E-state index contributed by atoms with van der Waals surface area (Å²) in [5, 5.41) is 9.88. The first-order chi connectivity index (χ1) is 16.1. The molecule has 2 N–H and O–H groups in total. The van der Waals surface area contributed by atoms with E-state index in [2.05, 4.69) is 25.5 Å². The highest BCUT2D eigenvalue weighted by Gasteiger charge is 2.17. The number of nitrogens with one attached hydrogen (secondary N) is 2. The van der Waals surface area contributed by atoms with Gasteiger partial charge in [0.25, 0.3) is 5.91 Å². The van der Waals surface area contributed by atoms with Gasteiger partial charge in [-0.1, -0.05) is 30.3 Å². The third-order valence-corrected chi connectivity index (χ3v) is 5.01. The van der Waals surface area contributed by atoms with Crippen LogP contribution in [0.25, 0.3) is 22.5 Å². The van der Waals surface area contributed by atoms with Gasteiger partial charge in [-0.3, -0.25) is 9.89 Å².